The van der Waals surface area contributed by atoms with Crippen molar-refractivity contribution in [3.05, 3.63) is 23.8 Å². The first kappa shape index (κ1) is 22.5. The number of hydrogen-bond acceptors (Lipinski definition) is 5. The molecule has 1 aliphatic heterocycles. The Kier molecular flexibility index (Phi) is 8.05. The Morgan fingerprint density at radius 3 is 2.67 bits per heavy atom. The van der Waals surface area contributed by atoms with Crippen molar-refractivity contribution < 1.29 is 19.1 Å². The molecule has 9 heteroatoms. The van der Waals surface area contributed by atoms with Crippen molar-refractivity contribution >= 4 is 32.3 Å². The molecule has 3 rings (SSSR count). The van der Waals surface area contributed by atoms with E-state index in [9.17, 15) is 14.4 Å². The number of fused-ring (bicyclic) bond motifs is 1. The van der Waals surface area contributed by atoms with Gasteiger partial charge in [0.1, 0.15) is 12.4 Å². The third kappa shape index (κ3) is 6.67. The number of hydrogen-bond donors (Lipinski definition) is 3. The molecule has 1 aromatic carbocycles. The van der Waals surface area contributed by atoms with Crippen LogP contribution in [0, 0.1) is 5.92 Å². The van der Waals surface area contributed by atoms with Gasteiger partial charge in [-0.3, -0.25) is 14.4 Å². The van der Waals surface area contributed by atoms with Gasteiger partial charge in [-0.05, 0) is 48.5 Å². The standard InChI is InChI=1S/C21H31N4O4P/c1-25-13-19(27)24-12-18(26)22-8-2-3-14-6-7-16(30)11-17(14)29-10-9-23-20(21(25)28)15-4-5-15/h6-7,11,15,20,23H,2-5,8-10,12-13,30H2,1H3,(H,22,26)(H,24,27). The Morgan fingerprint density at radius 2 is 1.90 bits per heavy atom. The van der Waals surface area contributed by atoms with Gasteiger partial charge in [-0.25, -0.2) is 0 Å². The highest BCUT2D eigenvalue weighted by Gasteiger charge is 2.37. The third-order valence-electron chi connectivity index (χ3n) is 5.32. The van der Waals surface area contributed by atoms with Gasteiger partial charge in [0.15, 0.2) is 0 Å². The molecule has 1 aliphatic carbocycles. The van der Waals surface area contributed by atoms with Crippen LogP contribution in [0.25, 0.3) is 0 Å². The van der Waals surface area contributed by atoms with Crippen LogP contribution in [0.5, 0.6) is 5.75 Å². The van der Waals surface area contributed by atoms with Crippen molar-refractivity contribution in [2.45, 2.75) is 31.7 Å². The Bertz CT molecular complexity index is 784. The maximum atomic E-state index is 12.8. The number of nitrogens with one attached hydrogen (secondary N) is 3. The zero-order chi connectivity index (χ0) is 21.5. The summed E-state index contributed by atoms with van der Waals surface area (Å²) in [6.45, 7) is 1.33. The third-order valence-corrected chi connectivity index (χ3v) is 5.68. The molecule has 2 atom stereocenters. The number of ether oxygens (including phenoxy) is 1. The lowest BCUT2D eigenvalue weighted by Crippen LogP contribution is -2.50. The summed E-state index contributed by atoms with van der Waals surface area (Å²) in [5, 5.41) is 9.75. The number of carbonyl (C=O) groups is 3. The van der Waals surface area contributed by atoms with Crippen molar-refractivity contribution in [2.75, 3.05) is 39.8 Å². The van der Waals surface area contributed by atoms with E-state index in [1.165, 1.54) is 4.90 Å². The van der Waals surface area contributed by atoms with E-state index in [1.54, 1.807) is 7.05 Å². The van der Waals surface area contributed by atoms with Crippen molar-refractivity contribution in [3.63, 3.8) is 0 Å². The maximum Gasteiger partial charge on any atom is 0.240 e. The Labute approximate surface area is 179 Å². The number of likely N-dealkylation sites (N-methyl/N-ethyl adjacent to an activating group) is 1. The molecule has 3 N–H and O–H groups in total. The first-order chi connectivity index (χ1) is 14.4. The number of aryl methyl sites for hydroxylation is 1. The van der Waals surface area contributed by atoms with Gasteiger partial charge in [0.2, 0.25) is 17.7 Å². The summed E-state index contributed by atoms with van der Waals surface area (Å²) in [7, 11) is 4.29. The normalized spacial score (nSPS) is 22.8. The van der Waals surface area contributed by atoms with Gasteiger partial charge >= 0.3 is 0 Å². The lowest BCUT2D eigenvalue weighted by molar-refractivity contribution is -0.137. The lowest BCUT2D eigenvalue weighted by Gasteiger charge is -2.24. The zero-order valence-electron chi connectivity index (χ0n) is 17.4. The zero-order valence-corrected chi connectivity index (χ0v) is 18.6. The van der Waals surface area contributed by atoms with Gasteiger partial charge in [0, 0.05) is 20.1 Å². The van der Waals surface area contributed by atoms with Crippen LogP contribution >= 0.6 is 9.24 Å². The summed E-state index contributed by atoms with van der Waals surface area (Å²) < 4.78 is 6.01. The smallest absolute Gasteiger partial charge is 0.240 e. The first-order valence-electron chi connectivity index (χ1n) is 10.5. The predicted molar refractivity (Wildman–Crippen MR) is 118 cm³/mol. The molecule has 0 saturated heterocycles. The average molecular weight is 434 g/mol. The maximum absolute atomic E-state index is 12.8. The second-order valence-electron chi connectivity index (χ2n) is 7.91. The van der Waals surface area contributed by atoms with E-state index < -0.39 is 0 Å². The van der Waals surface area contributed by atoms with Crippen LogP contribution in [0.2, 0.25) is 0 Å². The quantitative estimate of drug-likeness (QED) is 0.521. The molecule has 2 aliphatic rings. The molecule has 0 bridgehead atoms. The van der Waals surface area contributed by atoms with Crippen LogP contribution in [-0.4, -0.2) is 68.5 Å². The molecular formula is C21H31N4O4P. The second-order valence-corrected chi connectivity index (χ2v) is 8.58. The summed E-state index contributed by atoms with van der Waals surface area (Å²) >= 11 is 0. The van der Waals surface area contributed by atoms with Crippen molar-refractivity contribution in [3.8, 4) is 5.75 Å². The topological polar surface area (TPSA) is 99.8 Å². The van der Waals surface area contributed by atoms with Crippen LogP contribution < -0.4 is 26.0 Å². The molecule has 164 valence electrons. The summed E-state index contributed by atoms with van der Waals surface area (Å²) in [6, 6.07) is 5.73. The van der Waals surface area contributed by atoms with E-state index in [0.717, 1.165) is 42.3 Å². The Balaban J connectivity index is 1.69. The SMILES string of the molecule is CN1CC(=O)NCC(=O)NCCCc2ccc(P)cc2OCCNC(C2CC2)C1=O. The van der Waals surface area contributed by atoms with Gasteiger partial charge in [-0.1, -0.05) is 12.1 Å². The molecule has 1 fully saturated rings. The number of benzene rings is 1. The van der Waals surface area contributed by atoms with Crippen LogP contribution in [0.15, 0.2) is 18.2 Å². The van der Waals surface area contributed by atoms with E-state index in [-0.39, 0.29) is 36.9 Å². The molecular weight excluding hydrogens is 403 g/mol. The summed E-state index contributed by atoms with van der Waals surface area (Å²) in [6.07, 6.45) is 3.55. The lowest BCUT2D eigenvalue weighted by atomic mass is 10.1. The molecule has 8 nitrogen and oxygen atoms in total. The molecule has 30 heavy (non-hydrogen) atoms. The number of nitrogens with zero attached hydrogens (tertiary/aromatic N) is 1. The molecule has 0 radical (unpaired) electrons. The van der Waals surface area contributed by atoms with Crippen LogP contribution in [0.4, 0.5) is 0 Å². The highest BCUT2D eigenvalue weighted by atomic mass is 31.0. The van der Waals surface area contributed by atoms with E-state index in [2.05, 4.69) is 25.2 Å². The van der Waals surface area contributed by atoms with Gasteiger partial charge in [0.25, 0.3) is 0 Å². The van der Waals surface area contributed by atoms with E-state index in [0.29, 0.717) is 25.6 Å². The minimum absolute atomic E-state index is 0.0716. The predicted octanol–water partition coefficient (Wildman–Crippen LogP) is -0.429. The Morgan fingerprint density at radius 1 is 1.10 bits per heavy atom. The van der Waals surface area contributed by atoms with Crippen molar-refractivity contribution in [1.29, 1.82) is 0 Å². The molecule has 0 aromatic heterocycles. The Hall–Kier alpha value is -2.18. The molecule has 1 saturated carbocycles. The van der Waals surface area contributed by atoms with Crippen molar-refractivity contribution in [2.24, 2.45) is 5.92 Å². The van der Waals surface area contributed by atoms with E-state index in [1.807, 2.05) is 18.2 Å². The first-order valence-corrected chi connectivity index (χ1v) is 11.0. The molecule has 3 amide bonds. The molecule has 0 spiro atoms. The molecule has 1 heterocycles. The van der Waals surface area contributed by atoms with Crippen LogP contribution in [-0.2, 0) is 20.8 Å². The van der Waals surface area contributed by atoms with Crippen LogP contribution in [0.1, 0.15) is 24.8 Å². The van der Waals surface area contributed by atoms with Gasteiger partial charge < -0.3 is 25.6 Å². The van der Waals surface area contributed by atoms with E-state index in [4.69, 9.17) is 4.74 Å². The largest absolute Gasteiger partial charge is 0.492 e. The average Bonchev–Trinajstić information content (AvgIpc) is 3.55. The highest BCUT2D eigenvalue weighted by Crippen LogP contribution is 2.33. The number of amides is 3. The summed E-state index contributed by atoms with van der Waals surface area (Å²) in [5.74, 6) is 0.432. The summed E-state index contributed by atoms with van der Waals surface area (Å²) in [4.78, 5) is 38.3. The van der Waals surface area contributed by atoms with Gasteiger partial charge in [-0.2, -0.15) is 0 Å². The van der Waals surface area contributed by atoms with Crippen LogP contribution in [0.3, 0.4) is 0 Å². The second kappa shape index (κ2) is 10.7. The fourth-order valence-electron chi connectivity index (χ4n) is 3.51. The highest BCUT2D eigenvalue weighted by molar-refractivity contribution is 7.27. The van der Waals surface area contributed by atoms with Gasteiger partial charge in [0.05, 0.1) is 19.1 Å². The van der Waals surface area contributed by atoms with Gasteiger partial charge in [-0.15, -0.1) is 9.24 Å². The minimum Gasteiger partial charge on any atom is -0.492 e. The molecule has 1 aromatic rings. The fraction of sp³-hybridized carbons (Fsp3) is 0.571. The molecule has 2 unspecified atom stereocenters. The van der Waals surface area contributed by atoms with Crippen molar-refractivity contribution in [1.82, 2.24) is 20.9 Å². The fourth-order valence-corrected chi connectivity index (χ4v) is 3.75. The monoisotopic (exact) mass is 434 g/mol. The summed E-state index contributed by atoms with van der Waals surface area (Å²) in [5.41, 5.74) is 1.08. The number of carbonyl (C=O) groups excluding carboxylic acids is 3. The van der Waals surface area contributed by atoms with E-state index >= 15 is 0 Å². The minimum atomic E-state index is -0.345. The number of rotatable bonds is 1.